The van der Waals surface area contributed by atoms with Gasteiger partial charge in [0.15, 0.2) is 0 Å². The van der Waals surface area contributed by atoms with E-state index < -0.39 is 11.7 Å². The zero-order chi connectivity index (χ0) is 14.4. The second-order valence-electron chi connectivity index (χ2n) is 5.64. The summed E-state index contributed by atoms with van der Waals surface area (Å²) in [5, 5.41) is 29.2. The number of ether oxygens (including phenoxy) is 1. The van der Waals surface area contributed by atoms with E-state index in [1.54, 1.807) is 0 Å². The van der Waals surface area contributed by atoms with Crippen molar-refractivity contribution in [3.63, 3.8) is 0 Å². The maximum Gasteiger partial charge on any atom is 0.135 e. The Bertz CT molecular complexity index is 510. The van der Waals surface area contributed by atoms with E-state index in [9.17, 15) is 10.2 Å². The summed E-state index contributed by atoms with van der Waals surface area (Å²) in [7, 11) is 0. The van der Waals surface area contributed by atoms with Crippen LogP contribution in [0.1, 0.15) is 35.6 Å². The number of hydrogen-bond acceptors (Lipinski definition) is 4. The highest BCUT2D eigenvalue weighted by molar-refractivity contribution is 5.58. The van der Waals surface area contributed by atoms with Crippen molar-refractivity contribution >= 4 is 0 Å². The molecule has 4 heteroatoms. The van der Waals surface area contributed by atoms with E-state index in [2.05, 4.69) is 0 Å². The molecule has 0 aromatic heterocycles. The van der Waals surface area contributed by atoms with Crippen LogP contribution in [0, 0.1) is 20.8 Å². The number of benzene rings is 1. The molecule has 0 saturated heterocycles. The monoisotopic (exact) mass is 266 g/mol. The number of rotatable bonds is 2. The van der Waals surface area contributed by atoms with E-state index >= 15 is 0 Å². The minimum atomic E-state index is -0.908. The summed E-state index contributed by atoms with van der Waals surface area (Å²) in [4.78, 5) is 0. The molecule has 1 aromatic rings. The van der Waals surface area contributed by atoms with Crippen molar-refractivity contribution in [2.45, 2.75) is 52.2 Å². The van der Waals surface area contributed by atoms with Crippen LogP contribution >= 0.6 is 0 Å². The Kier molecular flexibility index (Phi) is 3.49. The van der Waals surface area contributed by atoms with Gasteiger partial charge in [-0.25, -0.2) is 0 Å². The van der Waals surface area contributed by atoms with E-state index in [4.69, 9.17) is 9.84 Å². The van der Waals surface area contributed by atoms with Crippen molar-refractivity contribution in [1.29, 1.82) is 0 Å². The van der Waals surface area contributed by atoms with Gasteiger partial charge >= 0.3 is 0 Å². The SMILES string of the molecule is Cc1c(C)c2c(c(C)c1O)CC[C@@](C)([C@@H](O)CO)O2. The predicted octanol–water partition coefficient (Wildman–Crippen LogP) is 1.75. The summed E-state index contributed by atoms with van der Waals surface area (Å²) in [6, 6.07) is 0. The normalized spacial score (nSPS) is 23.7. The van der Waals surface area contributed by atoms with Crippen molar-refractivity contribution in [1.82, 2.24) is 0 Å². The maximum atomic E-state index is 10.1. The van der Waals surface area contributed by atoms with Crippen LogP contribution in [0.3, 0.4) is 0 Å². The van der Waals surface area contributed by atoms with Crippen molar-refractivity contribution in [2.24, 2.45) is 0 Å². The lowest BCUT2D eigenvalue weighted by Crippen LogP contribution is -2.49. The molecule has 1 aliphatic heterocycles. The first-order chi connectivity index (χ1) is 8.81. The highest BCUT2D eigenvalue weighted by Gasteiger charge is 2.40. The molecule has 4 nitrogen and oxygen atoms in total. The summed E-state index contributed by atoms with van der Waals surface area (Å²) in [6.07, 6.45) is 0.433. The molecule has 1 aliphatic rings. The molecule has 0 spiro atoms. The topological polar surface area (TPSA) is 69.9 Å². The van der Waals surface area contributed by atoms with Crippen molar-refractivity contribution in [2.75, 3.05) is 6.61 Å². The number of aromatic hydroxyl groups is 1. The number of aliphatic hydroxyl groups is 2. The maximum absolute atomic E-state index is 10.1. The lowest BCUT2D eigenvalue weighted by Gasteiger charge is -2.40. The van der Waals surface area contributed by atoms with Crippen LogP contribution in [0.5, 0.6) is 11.5 Å². The fraction of sp³-hybridized carbons (Fsp3) is 0.600. The average molecular weight is 266 g/mol. The van der Waals surface area contributed by atoms with Gasteiger partial charge in [0.1, 0.15) is 23.2 Å². The van der Waals surface area contributed by atoms with Crippen LogP contribution in [-0.2, 0) is 6.42 Å². The van der Waals surface area contributed by atoms with Gasteiger partial charge in [-0.1, -0.05) is 0 Å². The second-order valence-corrected chi connectivity index (χ2v) is 5.64. The zero-order valence-electron chi connectivity index (χ0n) is 11.9. The molecule has 3 N–H and O–H groups in total. The number of aliphatic hydroxyl groups excluding tert-OH is 2. The largest absolute Gasteiger partial charge is 0.507 e. The lowest BCUT2D eigenvalue weighted by atomic mass is 9.84. The third-order valence-corrected chi connectivity index (χ3v) is 4.42. The molecule has 19 heavy (non-hydrogen) atoms. The van der Waals surface area contributed by atoms with Crippen LogP contribution in [0.4, 0.5) is 0 Å². The number of phenolic OH excluding ortho intramolecular Hbond substituents is 1. The molecule has 0 aliphatic carbocycles. The minimum absolute atomic E-state index is 0.319. The fourth-order valence-electron chi connectivity index (χ4n) is 2.69. The van der Waals surface area contributed by atoms with Gasteiger partial charge in [-0.3, -0.25) is 0 Å². The molecule has 0 unspecified atom stereocenters. The van der Waals surface area contributed by atoms with Gasteiger partial charge in [0.2, 0.25) is 0 Å². The Hall–Kier alpha value is -1.26. The minimum Gasteiger partial charge on any atom is -0.507 e. The summed E-state index contributed by atoms with van der Waals surface area (Å²) < 4.78 is 6.00. The molecule has 0 radical (unpaired) electrons. The first-order valence-electron chi connectivity index (χ1n) is 6.61. The number of phenols is 1. The molecular formula is C15H22O4. The van der Waals surface area contributed by atoms with Gasteiger partial charge in [-0.2, -0.15) is 0 Å². The van der Waals surface area contributed by atoms with Gasteiger partial charge in [-0.15, -0.1) is 0 Å². The Labute approximate surface area is 113 Å². The van der Waals surface area contributed by atoms with Crippen LogP contribution in [0.15, 0.2) is 0 Å². The van der Waals surface area contributed by atoms with Gasteiger partial charge in [0, 0.05) is 5.56 Å². The molecule has 0 bridgehead atoms. The van der Waals surface area contributed by atoms with Gasteiger partial charge in [0.05, 0.1) is 6.61 Å². The predicted molar refractivity (Wildman–Crippen MR) is 72.8 cm³/mol. The first kappa shape index (κ1) is 14.2. The van der Waals surface area contributed by atoms with Crippen LogP contribution in [-0.4, -0.2) is 33.6 Å². The zero-order valence-corrected chi connectivity index (χ0v) is 11.9. The van der Waals surface area contributed by atoms with Crippen LogP contribution < -0.4 is 4.74 Å². The summed E-state index contributed by atoms with van der Waals surface area (Å²) in [5.74, 6) is 1.07. The lowest BCUT2D eigenvalue weighted by molar-refractivity contribution is -0.0767. The molecule has 0 saturated carbocycles. The quantitative estimate of drug-likeness (QED) is 0.763. The molecule has 1 aromatic carbocycles. The number of hydrogen-bond donors (Lipinski definition) is 3. The van der Waals surface area contributed by atoms with Gasteiger partial charge in [0.25, 0.3) is 0 Å². The molecular weight excluding hydrogens is 244 g/mol. The Morgan fingerprint density at radius 1 is 1.21 bits per heavy atom. The standard InChI is InChI=1S/C15H22O4/c1-8-9(2)14-11(10(3)13(8)18)5-6-15(4,19-14)12(17)7-16/h12,16-18H,5-7H2,1-4H3/t12-,15-/m0/s1. The van der Waals surface area contributed by atoms with E-state index in [-0.39, 0.29) is 6.61 Å². The fourth-order valence-corrected chi connectivity index (χ4v) is 2.69. The Balaban J connectivity index is 2.52. The van der Waals surface area contributed by atoms with Crippen molar-refractivity contribution in [3.8, 4) is 11.5 Å². The summed E-state index contributed by atoms with van der Waals surface area (Å²) in [5.41, 5.74) is 2.78. The Morgan fingerprint density at radius 2 is 1.84 bits per heavy atom. The summed E-state index contributed by atoms with van der Waals surface area (Å²) in [6.45, 7) is 7.14. The molecule has 2 rings (SSSR count). The highest BCUT2D eigenvalue weighted by Crippen LogP contribution is 2.43. The molecule has 0 amide bonds. The van der Waals surface area contributed by atoms with Crippen LogP contribution in [0.2, 0.25) is 0 Å². The number of fused-ring (bicyclic) bond motifs is 1. The molecule has 0 fully saturated rings. The van der Waals surface area contributed by atoms with Crippen LogP contribution in [0.25, 0.3) is 0 Å². The third-order valence-electron chi connectivity index (χ3n) is 4.42. The molecule has 2 atom stereocenters. The first-order valence-corrected chi connectivity index (χ1v) is 6.61. The highest BCUT2D eigenvalue weighted by atomic mass is 16.5. The van der Waals surface area contributed by atoms with Gasteiger partial charge < -0.3 is 20.1 Å². The van der Waals surface area contributed by atoms with Crippen molar-refractivity contribution < 1.29 is 20.1 Å². The molecule has 1 heterocycles. The third kappa shape index (κ3) is 2.09. The second kappa shape index (κ2) is 4.69. The van der Waals surface area contributed by atoms with E-state index in [1.807, 2.05) is 27.7 Å². The van der Waals surface area contributed by atoms with E-state index in [0.717, 1.165) is 34.4 Å². The average Bonchev–Trinajstić information content (AvgIpc) is 2.41. The summed E-state index contributed by atoms with van der Waals surface area (Å²) >= 11 is 0. The smallest absolute Gasteiger partial charge is 0.135 e. The van der Waals surface area contributed by atoms with Crippen molar-refractivity contribution in [3.05, 3.63) is 22.3 Å². The Morgan fingerprint density at radius 3 is 2.42 bits per heavy atom. The van der Waals surface area contributed by atoms with E-state index in [0.29, 0.717) is 12.2 Å². The van der Waals surface area contributed by atoms with E-state index in [1.165, 1.54) is 0 Å². The molecule has 106 valence electrons. The van der Waals surface area contributed by atoms with Gasteiger partial charge in [-0.05, 0) is 57.2 Å².